The summed E-state index contributed by atoms with van der Waals surface area (Å²) in [6, 6.07) is 16.6. The molecule has 0 aliphatic carbocycles. The van der Waals surface area contributed by atoms with Gasteiger partial charge < -0.3 is 15.4 Å². The van der Waals surface area contributed by atoms with Crippen molar-refractivity contribution in [1.82, 2.24) is 20.3 Å². The number of carbonyl (C=O) groups excluding carboxylic acids is 1. The number of fused-ring (bicyclic) bond motifs is 1. The summed E-state index contributed by atoms with van der Waals surface area (Å²) < 4.78 is 5.38. The average Bonchev–Trinajstić information content (AvgIpc) is 2.83. The second-order valence-electron chi connectivity index (χ2n) is 6.69. The van der Waals surface area contributed by atoms with Gasteiger partial charge in [0.1, 0.15) is 11.6 Å². The van der Waals surface area contributed by atoms with E-state index in [-0.39, 0.29) is 5.91 Å². The highest BCUT2D eigenvalue weighted by Gasteiger charge is 2.15. The molecule has 4 aromatic rings. The number of amides is 1. The summed E-state index contributed by atoms with van der Waals surface area (Å²) in [4.78, 5) is 26.2. The molecule has 4 rings (SSSR count). The van der Waals surface area contributed by atoms with E-state index in [1.165, 1.54) is 0 Å². The first-order valence-corrected chi connectivity index (χ1v) is 9.71. The molecule has 7 nitrogen and oxygen atoms in total. The second kappa shape index (κ2) is 9.04. The Bertz CT molecular complexity index is 1240. The predicted octanol–water partition coefficient (Wildman–Crippen LogP) is 4.36. The van der Waals surface area contributed by atoms with Gasteiger partial charge in [0.25, 0.3) is 5.91 Å². The Morgan fingerprint density at radius 2 is 2.00 bits per heavy atom. The zero-order valence-electron chi connectivity index (χ0n) is 17.0. The zero-order valence-corrected chi connectivity index (χ0v) is 17.0. The first-order chi connectivity index (χ1) is 15.2. The van der Waals surface area contributed by atoms with Gasteiger partial charge in [-0.05, 0) is 42.5 Å². The summed E-state index contributed by atoms with van der Waals surface area (Å²) in [6.45, 7) is 4.02. The minimum absolute atomic E-state index is 0.202. The third-order valence-corrected chi connectivity index (χ3v) is 4.65. The van der Waals surface area contributed by atoms with E-state index in [1.54, 1.807) is 31.6 Å². The van der Waals surface area contributed by atoms with Gasteiger partial charge in [-0.1, -0.05) is 18.2 Å². The largest absolute Gasteiger partial charge is 0.497 e. The first-order valence-electron chi connectivity index (χ1n) is 9.71. The molecule has 0 fully saturated rings. The van der Waals surface area contributed by atoms with E-state index in [0.29, 0.717) is 35.2 Å². The predicted molar refractivity (Wildman–Crippen MR) is 122 cm³/mol. The van der Waals surface area contributed by atoms with E-state index >= 15 is 0 Å². The Hall–Kier alpha value is -4.26. The van der Waals surface area contributed by atoms with E-state index in [4.69, 9.17) is 9.72 Å². The number of anilines is 2. The van der Waals surface area contributed by atoms with Crippen molar-refractivity contribution in [2.75, 3.05) is 19.0 Å². The van der Waals surface area contributed by atoms with Crippen LogP contribution in [0.15, 0.2) is 79.6 Å². The van der Waals surface area contributed by atoms with Crippen molar-refractivity contribution >= 4 is 28.3 Å². The number of nitrogens with zero attached hydrogens (tertiary/aromatic N) is 3. The molecule has 31 heavy (non-hydrogen) atoms. The summed E-state index contributed by atoms with van der Waals surface area (Å²) >= 11 is 0. The molecule has 7 heteroatoms. The number of rotatable bonds is 7. The summed E-state index contributed by atoms with van der Waals surface area (Å²) in [5.41, 5.74) is 2.66. The maximum atomic E-state index is 12.6. The molecule has 2 aromatic heterocycles. The fourth-order valence-electron chi connectivity index (χ4n) is 3.13. The maximum absolute atomic E-state index is 12.6. The van der Waals surface area contributed by atoms with Crippen molar-refractivity contribution < 1.29 is 9.53 Å². The molecule has 0 saturated heterocycles. The molecule has 0 aliphatic rings. The van der Waals surface area contributed by atoms with Gasteiger partial charge in [0.15, 0.2) is 5.82 Å². The van der Waals surface area contributed by atoms with Gasteiger partial charge in [-0.3, -0.25) is 9.78 Å². The minimum atomic E-state index is -0.202. The number of pyridine rings is 1. The molecule has 0 radical (unpaired) electrons. The van der Waals surface area contributed by atoms with Gasteiger partial charge in [-0.15, -0.1) is 6.58 Å². The lowest BCUT2D eigenvalue weighted by Crippen LogP contribution is -2.24. The van der Waals surface area contributed by atoms with Crippen molar-refractivity contribution in [3.63, 3.8) is 0 Å². The minimum Gasteiger partial charge on any atom is -0.497 e. The third-order valence-electron chi connectivity index (χ3n) is 4.65. The number of hydrogen-bond acceptors (Lipinski definition) is 6. The summed E-state index contributed by atoms with van der Waals surface area (Å²) in [6.07, 6.45) is 5.05. The van der Waals surface area contributed by atoms with Crippen molar-refractivity contribution in [3.8, 4) is 17.1 Å². The van der Waals surface area contributed by atoms with E-state index in [1.807, 2.05) is 48.5 Å². The van der Waals surface area contributed by atoms with E-state index in [2.05, 4.69) is 27.2 Å². The topological polar surface area (TPSA) is 89.0 Å². The summed E-state index contributed by atoms with van der Waals surface area (Å²) in [5, 5.41) is 6.90. The highest BCUT2D eigenvalue weighted by atomic mass is 16.5. The molecule has 1 amide bonds. The Kier molecular flexibility index (Phi) is 5.84. The van der Waals surface area contributed by atoms with Crippen molar-refractivity contribution in [3.05, 3.63) is 85.2 Å². The normalized spacial score (nSPS) is 10.5. The number of hydrogen-bond donors (Lipinski definition) is 2. The molecule has 0 saturated carbocycles. The Balaban J connectivity index is 1.83. The first kappa shape index (κ1) is 20.0. The van der Waals surface area contributed by atoms with E-state index in [9.17, 15) is 4.79 Å². The number of para-hydroxylation sites is 1. The van der Waals surface area contributed by atoms with Crippen LogP contribution in [-0.4, -0.2) is 34.5 Å². The second-order valence-corrected chi connectivity index (χ2v) is 6.69. The number of carbonyl (C=O) groups is 1. The summed E-state index contributed by atoms with van der Waals surface area (Å²) in [5.74, 6) is 1.57. The molecule has 0 spiro atoms. The number of methoxy groups -OCH3 is 1. The van der Waals surface area contributed by atoms with Gasteiger partial charge in [-0.25, -0.2) is 9.97 Å². The maximum Gasteiger partial charge on any atom is 0.253 e. The van der Waals surface area contributed by atoms with Crippen LogP contribution in [0.4, 0.5) is 11.5 Å². The van der Waals surface area contributed by atoms with Crippen LogP contribution in [0.1, 0.15) is 10.4 Å². The lowest BCUT2D eigenvalue weighted by Gasteiger charge is -2.14. The highest BCUT2D eigenvalue weighted by molar-refractivity contribution is 6.02. The number of nitrogens with one attached hydrogen (secondary N) is 2. The zero-order chi connectivity index (χ0) is 21.6. The van der Waals surface area contributed by atoms with Gasteiger partial charge in [-0.2, -0.15) is 0 Å². The number of aromatic nitrogens is 3. The van der Waals surface area contributed by atoms with E-state index < -0.39 is 0 Å². The Morgan fingerprint density at radius 1 is 1.13 bits per heavy atom. The van der Waals surface area contributed by atoms with Crippen LogP contribution in [0, 0.1) is 0 Å². The van der Waals surface area contributed by atoms with Crippen LogP contribution in [0.2, 0.25) is 0 Å². The monoisotopic (exact) mass is 411 g/mol. The van der Waals surface area contributed by atoms with Crippen molar-refractivity contribution in [1.29, 1.82) is 0 Å². The number of benzene rings is 2. The molecule has 0 aliphatic heterocycles. The van der Waals surface area contributed by atoms with Crippen LogP contribution in [0.25, 0.3) is 22.3 Å². The molecular weight excluding hydrogens is 390 g/mol. The quantitative estimate of drug-likeness (QED) is 0.439. The van der Waals surface area contributed by atoms with Gasteiger partial charge in [0.05, 0.1) is 23.9 Å². The van der Waals surface area contributed by atoms with Crippen LogP contribution in [-0.2, 0) is 0 Å². The van der Waals surface area contributed by atoms with Crippen molar-refractivity contribution in [2.24, 2.45) is 0 Å². The Morgan fingerprint density at radius 3 is 2.77 bits per heavy atom. The molecule has 2 heterocycles. The Labute approximate surface area is 179 Å². The fraction of sp³-hybridized carbons (Fsp3) is 0.0833. The van der Waals surface area contributed by atoms with Gasteiger partial charge in [0, 0.05) is 29.9 Å². The molecule has 0 atom stereocenters. The standard InChI is InChI=1S/C24H21N5O2/c1-3-12-26-24(30)18-8-4-5-9-20(18)28-23-19-14-17(31-2)10-11-21(19)27-22(29-23)16-7-6-13-25-15-16/h3-11,13-15H,1,12H2,2H3,(H,26,30)(H,27,28,29). The lowest BCUT2D eigenvalue weighted by atomic mass is 10.1. The molecule has 2 N–H and O–H groups in total. The van der Waals surface area contributed by atoms with Crippen molar-refractivity contribution in [2.45, 2.75) is 0 Å². The van der Waals surface area contributed by atoms with Crippen LogP contribution >= 0.6 is 0 Å². The third kappa shape index (κ3) is 4.35. The van der Waals surface area contributed by atoms with E-state index in [0.717, 1.165) is 16.5 Å². The fourth-order valence-corrected chi connectivity index (χ4v) is 3.13. The smallest absolute Gasteiger partial charge is 0.253 e. The van der Waals surface area contributed by atoms with Gasteiger partial charge in [0.2, 0.25) is 0 Å². The molecule has 0 unspecified atom stereocenters. The average molecular weight is 411 g/mol. The molecule has 2 aromatic carbocycles. The van der Waals surface area contributed by atoms with Gasteiger partial charge >= 0.3 is 0 Å². The van der Waals surface area contributed by atoms with Crippen LogP contribution in [0.3, 0.4) is 0 Å². The highest BCUT2D eigenvalue weighted by Crippen LogP contribution is 2.30. The van der Waals surface area contributed by atoms with Crippen LogP contribution < -0.4 is 15.4 Å². The molecule has 154 valence electrons. The summed E-state index contributed by atoms with van der Waals surface area (Å²) in [7, 11) is 1.61. The number of ether oxygens (including phenoxy) is 1. The lowest BCUT2D eigenvalue weighted by molar-refractivity contribution is 0.0959. The van der Waals surface area contributed by atoms with Crippen LogP contribution in [0.5, 0.6) is 5.75 Å². The molecular formula is C24H21N5O2. The SMILES string of the molecule is C=CCNC(=O)c1ccccc1Nc1nc(-c2cccnc2)nc2ccc(OC)cc12. The molecule has 0 bridgehead atoms.